The molecule has 1 aliphatic carbocycles. The van der Waals surface area contributed by atoms with Gasteiger partial charge in [-0.05, 0) is 37.5 Å². The highest BCUT2D eigenvalue weighted by Gasteiger charge is 2.28. The molecule has 3 rings (SSSR count). The van der Waals surface area contributed by atoms with Gasteiger partial charge in [-0.3, -0.25) is 0 Å². The van der Waals surface area contributed by atoms with E-state index in [1.807, 2.05) is 25.1 Å². The number of hydrogen-bond acceptors (Lipinski definition) is 6. The zero-order valence-corrected chi connectivity index (χ0v) is 12.2. The van der Waals surface area contributed by atoms with E-state index < -0.39 is 0 Å². The molecule has 0 spiro atoms. The zero-order valence-electron chi connectivity index (χ0n) is 12.2. The van der Waals surface area contributed by atoms with Crippen molar-refractivity contribution in [3.05, 3.63) is 35.5 Å². The van der Waals surface area contributed by atoms with Crippen LogP contribution >= 0.6 is 0 Å². The first-order valence-electron chi connectivity index (χ1n) is 7.06. The van der Waals surface area contributed by atoms with Gasteiger partial charge in [-0.15, -0.1) is 0 Å². The van der Waals surface area contributed by atoms with Crippen molar-refractivity contribution >= 4 is 0 Å². The molecule has 112 valence electrons. The van der Waals surface area contributed by atoms with Crippen LogP contribution in [0.1, 0.15) is 49.0 Å². The third-order valence-corrected chi connectivity index (χ3v) is 3.49. The van der Waals surface area contributed by atoms with Crippen LogP contribution in [0.2, 0.25) is 0 Å². The molecule has 1 saturated carbocycles. The standard InChI is InChI=1S/C15H19N3O3/c1-9(16)11-5-6-12(13(7-11)19-2)20-8-14-17-15(18-21-14)10-3-4-10/h5-7,9-10H,3-4,8,16H2,1-2H3/t9-/m1/s1. The Morgan fingerprint density at radius 1 is 1.38 bits per heavy atom. The van der Waals surface area contributed by atoms with E-state index in [1.54, 1.807) is 7.11 Å². The molecule has 2 N–H and O–H groups in total. The highest BCUT2D eigenvalue weighted by Crippen LogP contribution is 2.38. The number of nitrogens with two attached hydrogens (primary N) is 1. The Hall–Kier alpha value is -2.08. The molecular formula is C15H19N3O3. The maximum Gasteiger partial charge on any atom is 0.264 e. The second-order valence-electron chi connectivity index (χ2n) is 5.31. The first-order chi connectivity index (χ1) is 10.2. The summed E-state index contributed by atoms with van der Waals surface area (Å²) in [7, 11) is 1.60. The fraction of sp³-hybridized carbons (Fsp3) is 0.467. The quantitative estimate of drug-likeness (QED) is 0.880. The average Bonchev–Trinajstić information content (AvgIpc) is 3.24. The fourth-order valence-corrected chi connectivity index (χ4v) is 2.06. The molecule has 0 bridgehead atoms. The summed E-state index contributed by atoms with van der Waals surface area (Å²) in [5.41, 5.74) is 6.85. The molecule has 6 nitrogen and oxygen atoms in total. The van der Waals surface area contributed by atoms with Gasteiger partial charge < -0.3 is 19.7 Å². The van der Waals surface area contributed by atoms with Gasteiger partial charge in [0.15, 0.2) is 23.9 Å². The minimum atomic E-state index is -0.0509. The van der Waals surface area contributed by atoms with Crippen molar-refractivity contribution in [1.29, 1.82) is 0 Å². The van der Waals surface area contributed by atoms with Crippen LogP contribution in [-0.2, 0) is 6.61 Å². The predicted molar refractivity (Wildman–Crippen MR) is 76.2 cm³/mol. The molecule has 0 saturated heterocycles. The maximum atomic E-state index is 5.86. The fourth-order valence-electron chi connectivity index (χ4n) is 2.06. The van der Waals surface area contributed by atoms with Gasteiger partial charge in [0, 0.05) is 12.0 Å². The van der Waals surface area contributed by atoms with Crippen LogP contribution in [0, 0.1) is 0 Å². The Bertz CT molecular complexity index is 620. The lowest BCUT2D eigenvalue weighted by atomic mass is 10.1. The largest absolute Gasteiger partial charge is 0.493 e. The minimum Gasteiger partial charge on any atom is -0.493 e. The van der Waals surface area contributed by atoms with Crippen LogP contribution in [0.3, 0.4) is 0 Å². The van der Waals surface area contributed by atoms with Crippen molar-refractivity contribution in [2.75, 3.05) is 7.11 Å². The van der Waals surface area contributed by atoms with E-state index in [2.05, 4.69) is 10.1 Å². The van der Waals surface area contributed by atoms with E-state index in [-0.39, 0.29) is 12.6 Å². The lowest BCUT2D eigenvalue weighted by Gasteiger charge is -2.12. The molecule has 1 aromatic heterocycles. The van der Waals surface area contributed by atoms with Crippen LogP contribution in [0.5, 0.6) is 11.5 Å². The highest BCUT2D eigenvalue weighted by atomic mass is 16.5. The molecular weight excluding hydrogens is 270 g/mol. The number of aromatic nitrogens is 2. The van der Waals surface area contributed by atoms with Gasteiger partial charge in [-0.25, -0.2) is 0 Å². The minimum absolute atomic E-state index is 0.0509. The second kappa shape index (κ2) is 5.73. The number of benzene rings is 1. The summed E-state index contributed by atoms with van der Waals surface area (Å²) in [5, 5.41) is 3.96. The monoisotopic (exact) mass is 289 g/mol. The van der Waals surface area contributed by atoms with Gasteiger partial charge in [0.2, 0.25) is 0 Å². The molecule has 6 heteroatoms. The van der Waals surface area contributed by atoms with Gasteiger partial charge in [-0.2, -0.15) is 4.98 Å². The molecule has 1 aliphatic rings. The average molecular weight is 289 g/mol. The van der Waals surface area contributed by atoms with Gasteiger partial charge in [0.05, 0.1) is 7.11 Å². The highest BCUT2D eigenvalue weighted by molar-refractivity contribution is 5.43. The topological polar surface area (TPSA) is 83.4 Å². The number of rotatable bonds is 6. The molecule has 0 unspecified atom stereocenters. The lowest BCUT2D eigenvalue weighted by molar-refractivity contribution is 0.233. The van der Waals surface area contributed by atoms with Crippen molar-refractivity contribution in [2.45, 2.75) is 38.3 Å². The Morgan fingerprint density at radius 2 is 2.19 bits per heavy atom. The molecule has 1 fully saturated rings. The van der Waals surface area contributed by atoms with E-state index >= 15 is 0 Å². The maximum absolute atomic E-state index is 5.86. The van der Waals surface area contributed by atoms with E-state index in [0.717, 1.165) is 24.2 Å². The summed E-state index contributed by atoms with van der Waals surface area (Å²) in [6, 6.07) is 5.59. The van der Waals surface area contributed by atoms with Crippen LogP contribution < -0.4 is 15.2 Å². The Labute approximate surface area is 123 Å². The number of methoxy groups -OCH3 is 1. The smallest absolute Gasteiger partial charge is 0.264 e. The molecule has 0 aliphatic heterocycles. The molecule has 0 radical (unpaired) electrons. The number of hydrogen-bond donors (Lipinski definition) is 1. The predicted octanol–water partition coefficient (Wildman–Crippen LogP) is 2.55. The van der Waals surface area contributed by atoms with Gasteiger partial charge in [0.25, 0.3) is 5.89 Å². The van der Waals surface area contributed by atoms with Crippen LogP contribution in [0.15, 0.2) is 22.7 Å². The van der Waals surface area contributed by atoms with Gasteiger partial charge in [0.1, 0.15) is 0 Å². The molecule has 1 aromatic carbocycles. The number of nitrogens with zero attached hydrogens (tertiary/aromatic N) is 2. The first kappa shape index (κ1) is 13.9. The third-order valence-electron chi connectivity index (χ3n) is 3.49. The lowest BCUT2D eigenvalue weighted by Crippen LogP contribution is -2.06. The van der Waals surface area contributed by atoms with Gasteiger partial charge >= 0.3 is 0 Å². The van der Waals surface area contributed by atoms with Crippen molar-refractivity contribution < 1.29 is 14.0 Å². The summed E-state index contributed by atoms with van der Waals surface area (Å²) in [6.07, 6.45) is 2.29. The van der Waals surface area contributed by atoms with Crippen LogP contribution in [-0.4, -0.2) is 17.3 Å². The Kier molecular flexibility index (Phi) is 3.79. The van der Waals surface area contributed by atoms with Crippen LogP contribution in [0.25, 0.3) is 0 Å². The first-order valence-corrected chi connectivity index (χ1v) is 7.06. The van der Waals surface area contributed by atoms with Crippen molar-refractivity contribution in [1.82, 2.24) is 10.1 Å². The van der Waals surface area contributed by atoms with E-state index in [9.17, 15) is 0 Å². The summed E-state index contributed by atoms with van der Waals surface area (Å²) < 4.78 is 16.2. The normalized spacial score (nSPS) is 15.8. The summed E-state index contributed by atoms with van der Waals surface area (Å²) in [4.78, 5) is 4.33. The van der Waals surface area contributed by atoms with E-state index in [1.165, 1.54) is 0 Å². The van der Waals surface area contributed by atoms with E-state index in [4.69, 9.17) is 19.7 Å². The summed E-state index contributed by atoms with van der Waals surface area (Å²) in [5.74, 6) is 3.02. The zero-order chi connectivity index (χ0) is 14.8. The Morgan fingerprint density at radius 3 is 2.86 bits per heavy atom. The van der Waals surface area contributed by atoms with Crippen LogP contribution in [0.4, 0.5) is 0 Å². The summed E-state index contributed by atoms with van der Waals surface area (Å²) >= 11 is 0. The van der Waals surface area contributed by atoms with Crippen molar-refractivity contribution in [3.63, 3.8) is 0 Å². The summed E-state index contributed by atoms with van der Waals surface area (Å²) in [6.45, 7) is 2.15. The second-order valence-corrected chi connectivity index (χ2v) is 5.31. The third kappa shape index (κ3) is 3.16. The Balaban J connectivity index is 1.68. The molecule has 21 heavy (non-hydrogen) atoms. The molecule has 2 aromatic rings. The molecule has 0 amide bonds. The van der Waals surface area contributed by atoms with Crippen molar-refractivity contribution in [3.8, 4) is 11.5 Å². The van der Waals surface area contributed by atoms with Gasteiger partial charge in [-0.1, -0.05) is 11.2 Å². The van der Waals surface area contributed by atoms with E-state index in [0.29, 0.717) is 23.3 Å². The SMILES string of the molecule is COc1cc([C@@H](C)N)ccc1OCc1nc(C2CC2)no1. The molecule has 1 heterocycles. The molecule has 1 atom stereocenters. The number of ether oxygens (including phenoxy) is 2. The van der Waals surface area contributed by atoms with Crippen molar-refractivity contribution in [2.24, 2.45) is 5.73 Å².